The van der Waals surface area contributed by atoms with Crippen LogP contribution in [0.15, 0.2) is 49.1 Å². The number of aromatic nitrogens is 7. The van der Waals surface area contributed by atoms with Crippen LogP contribution in [0.1, 0.15) is 36.7 Å². The first-order valence-electron chi connectivity index (χ1n) is 11.5. The number of fused-ring (bicyclic) bond motifs is 1. The number of amides is 1. The fourth-order valence-corrected chi connectivity index (χ4v) is 5.32. The molecule has 10 nitrogen and oxygen atoms in total. The Morgan fingerprint density at radius 3 is 2.94 bits per heavy atom. The standard InChI is InChI=1S/C24H21ClFN9O/c1-27-23-15(3-2-8-28-23)17-11-29-24(31-17)19-6-4-14-9-13(10-20(36)35(14)19)21-18(34-12-30-32-33-34)7-5-16(25)22(21)26/h2-3,5,7-8,10-12,14,19H,4,6,9H2,1H3,(H,27,28)(H,29,31)/t14?,19-/m0/s1. The molecule has 2 aliphatic heterocycles. The summed E-state index contributed by atoms with van der Waals surface area (Å²) in [5.74, 6) is 0.649. The third-order valence-electron chi connectivity index (χ3n) is 6.73. The smallest absolute Gasteiger partial charge is 0.247 e. The van der Waals surface area contributed by atoms with Crippen LogP contribution >= 0.6 is 11.6 Å². The van der Waals surface area contributed by atoms with Crippen molar-refractivity contribution < 1.29 is 9.18 Å². The van der Waals surface area contributed by atoms with Gasteiger partial charge in [0.05, 0.1) is 22.4 Å². The molecule has 1 unspecified atom stereocenters. The Morgan fingerprint density at radius 2 is 2.14 bits per heavy atom. The summed E-state index contributed by atoms with van der Waals surface area (Å²) in [4.78, 5) is 27.6. The highest BCUT2D eigenvalue weighted by atomic mass is 35.5. The minimum atomic E-state index is -0.598. The Balaban J connectivity index is 1.33. The molecule has 182 valence electrons. The maximum atomic E-state index is 15.3. The molecule has 2 N–H and O–H groups in total. The quantitative estimate of drug-likeness (QED) is 0.423. The molecule has 1 saturated heterocycles. The van der Waals surface area contributed by atoms with Crippen molar-refractivity contribution in [2.45, 2.75) is 31.3 Å². The highest BCUT2D eigenvalue weighted by molar-refractivity contribution is 6.31. The van der Waals surface area contributed by atoms with Gasteiger partial charge in [0.1, 0.15) is 18.0 Å². The van der Waals surface area contributed by atoms with E-state index in [2.05, 4.69) is 30.8 Å². The predicted octanol–water partition coefficient (Wildman–Crippen LogP) is 3.80. The highest BCUT2D eigenvalue weighted by Gasteiger charge is 2.42. The molecule has 4 aromatic rings. The fourth-order valence-electron chi connectivity index (χ4n) is 5.16. The lowest BCUT2D eigenvalue weighted by molar-refractivity contribution is -0.129. The van der Waals surface area contributed by atoms with Crippen LogP contribution in [0, 0.1) is 5.82 Å². The maximum absolute atomic E-state index is 15.3. The second-order valence-corrected chi connectivity index (χ2v) is 9.10. The zero-order valence-corrected chi connectivity index (χ0v) is 19.9. The fraction of sp³-hybridized carbons (Fsp3) is 0.250. The summed E-state index contributed by atoms with van der Waals surface area (Å²) in [6.45, 7) is 0. The molecule has 0 saturated carbocycles. The molecular weight excluding hydrogens is 485 g/mol. The van der Waals surface area contributed by atoms with Crippen molar-refractivity contribution in [3.8, 4) is 16.9 Å². The van der Waals surface area contributed by atoms with Crippen molar-refractivity contribution >= 4 is 28.9 Å². The van der Waals surface area contributed by atoms with Crippen LogP contribution in [-0.2, 0) is 4.79 Å². The van der Waals surface area contributed by atoms with Crippen LogP contribution in [0.5, 0.6) is 0 Å². The minimum absolute atomic E-state index is 0.0265. The van der Waals surface area contributed by atoms with Gasteiger partial charge in [0.2, 0.25) is 5.91 Å². The van der Waals surface area contributed by atoms with Gasteiger partial charge in [-0.1, -0.05) is 11.6 Å². The number of halogens is 2. The first kappa shape index (κ1) is 22.4. The van der Waals surface area contributed by atoms with Crippen LogP contribution in [0.3, 0.4) is 0 Å². The average Bonchev–Trinajstić information content (AvgIpc) is 3.66. The first-order chi connectivity index (χ1) is 17.5. The Labute approximate surface area is 210 Å². The van der Waals surface area contributed by atoms with Gasteiger partial charge in [0.25, 0.3) is 0 Å². The SMILES string of the molecule is CNc1ncccc1-c1c[nH]c([C@@H]2CCC3CC(c4c(-n5cnnn5)ccc(Cl)c4F)=CC(=O)N32)n1. The average molecular weight is 506 g/mol. The summed E-state index contributed by atoms with van der Waals surface area (Å²) >= 11 is 6.11. The molecule has 2 atom stereocenters. The number of imidazole rings is 1. The second-order valence-electron chi connectivity index (χ2n) is 8.70. The lowest BCUT2D eigenvalue weighted by atomic mass is 9.92. The number of nitrogens with one attached hydrogen (secondary N) is 2. The minimum Gasteiger partial charge on any atom is -0.373 e. The van der Waals surface area contributed by atoms with Crippen molar-refractivity contribution in [3.63, 3.8) is 0 Å². The van der Waals surface area contributed by atoms with Gasteiger partial charge in [-0.25, -0.2) is 14.4 Å². The predicted molar refractivity (Wildman–Crippen MR) is 131 cm³/mol. The topological polar surface area (TPSA) is 118 Å². The van der Waals surface area contributed by atoms with Crippen molar-refractivity contribution in [1.82, 2.24) is 40.1 Å². The largest absolute Gasteiger partial charge is 0.373 e. The van der Waals surface area contributed by atoms with Gasteiger partial charge in [0, 0.05) is 42.7 Å². The number of nitrogens with zero attached hydrogens (tertiary/aromatic N) is 7. The Bertz CT molecular complexity index is 1480. The summed E-state index contributed by atoms with van der Waals surface area (Å²) in [6, 6.07) is 6.61. The number of hydrogen-bond donors (Lipinski definition) is 2. The lowest BCUT2D eigenvalue weighted by Crippen LogP contribution is -2.39. The molecule has 5 heterocycles. The van der Waals surface area contributed by atoms with Gasteiger partial charge in [-0.3, -0.25) is 4.79 Å². The molecule has 1 amide bonds. The number of tetrazole rings is 1. The molecule has 0 spiro atoms. The Kier molecular flexibility index (Phi) is 5.48. The summed E-state index contributed by atoms with van der Waals surface area (Å²) in [7, 11) is 1.81. The molecule has 6 rings (SSSR count). The van der Waals surface area contributed by atoms with Gasteiger partial charge in [-0.2, -0.15) is 4.68 Å². The number of aromatic amines is 1. The van der Waals surface area contributed by atoms with E-state index >= 15 is 4.39 Å². The molecule has 3 aromatic heterocycles. The summed E-state index contributed by atoms with van der Waals surface area (Å²) < 4.78 is 16.6. The zero-order chi connectivity index (χ0) is 24.8. The number of anilines is 1. The monoisotopic (exact) mass is 505 g/mol. The number of H-pyrrole nitrogens is 1. The van der Waals surface area contributed by atoms with Gasteiger partial charge in [0.15, 0.2) is 5.82 Å². The molecule has 1 aromatic carbocycles. The molecule has 0 radical (unpaired) electrons. The van der Waals surface area contributed by atoms with E-state index in [1.54, 1.807) is 12.3 Å². The highest BCUT2D eigenvalue weighted by Crippen LogP contribution is 2.44. The van der Waals surface area contributed by atoms with Crippen molar-refractivity contribution in [3.05, 3.63) is 71.3 Å². The summed E-state index contributed by atoms with van der Waals surface area (Å²) in [5, 5.41) is 14.2. The third-order valence-corrected chi connectivity index (χ3v) is 7.03. The van der Waals surface area contributed by atoms with Crippen molar-refractivity contribution in [2.75, 3.05) is 12.4 Å². The summed E-state index contributed by atoms with van der Waals surface area (Å²) in [6.07, 6.45) is 8.40. The molecule has 0 bridgehead atoms. The third kappa shape index (κ3) is 3.63. The lowest BCUT2D eigenvalue weighted by Gasteiger charge is -2.33. The molecular formula is C24H21ClFN9O. The van der Waals surface area contributed by atoms with E-state index in [1.807, 2.05) is 30.3 Å². The number of carbonyl (C=O) groups is 1. The zero-order valence-electron chi connectivity index (χ0n) is 19.2. The number of pyridine rings is 1. The number of rotatable bonds is 5. The van der Waals surface area contributed by atoms with Crippen molar-refractivity contribution in [2.24, 2.45) is 0 Å². The molecule has 1 fully saturated rings. The first-order valence-corrected chi connectivity index (χ1v) is 11.9. The van der Waals surface area contributed by atoms with Crippen LogP contribution in [0.2, 0.25) is 5.02 Å². The van der Waals surface area contributed by atoms with E-state index in [9.17, 15) is 4.79 Å². The summed E-state index contributed by atoms with van der Waals surface area (Å²) in [5.41, 5.74) is 2.86. The normalized spacial score (nSPS) is 19.4. The molecule has 12 heteroatoms. The second kappa shape index (κ2) is 8.83. The van der Waals surface area contributed by atoms with Crippen LogP contribution in [0.25, 0.3) is 22.5 Å². The van der Waals surface area contributed by atoms with Crippen LogP contribution < -0.4 is 5.32 Å². The van der Waals surface area contributed by atoms with Gasteiger partial charge in [-0.15, -0.1) is 5.10 Å². The van der Waals surface area contributed by atoms with Crippen LogP contribution in [0.4, 0.5) is 10.2 Å². The van der Waals surface area contributed by atoms with E-state index in [1.165, 1.54) is 23.2 Å². The maximum Gasteiger partial charge on any atom is 0.247 e. The Morgan fingerprint density at radius 1 is 1.25 bits per heavy atom. The van der Waals surface area contributed by atoms with E-state index in [-0.39, 0.29) is 28.6 Å². The van der Waals surface area contributed by atoms with E-state index < -0.39 is 5.82 Å². The molecule has 2 aliphatic rings. The van der Waals surface area contributed by atoms with Crippen molar-refractivity contribution in [1.29, 1.82) is 0 Å². The number of carbonyl (C=O) groups excluding carboxylic acids is 1. The van der Waals surface area contributed by atoms with Gasteiger partial charge >= 0.3 is 0 Å². The van der Waals surface area contributed by atoms with E-state index in [0.29, 0.717) is 23.5 Å². The van der Waals surface area contributed by atoms with Crippen LogP contribution in [-0.4, -0.2) is 59.1 Å². The molecule has 36 heavy (non-hydrogen) atoms. The molecule has 0 aliphatic carbocycles. The number of benzene rings is 1. The Hall–Kier alpha value is -4.12. The van der Waals surface area contributed by atoms with Gasteiger partial charge in [-0.05, 0) is 59.5 Å². The van der Waals surface area contributed by atoms with Gasteiger partial charge < -0.3 is 15.2 Å². The number of hydrogen-bond acceptors (Lipinski definition) is 7. The van der Waals surface area contributed by atoms with E-state index in [4.69, 9.17) is 16.6 Å². The van der Waals surface area contributed by atoms with E-state index in [0.717, 1.165) is 29.9 Å².